The maximum atomic E-state index is 13.1. The Hall–Kier alpha value is -2.18. The number of hydrogen-bond acceptors (Lipinski definition) is 4. The van der Waals surface area contributed by atoms with Crippen LogP contribution in [0.25, 0.3) is 21.3 Å². The molecule has 0 aliphatic rings. The Morgan fingerprint density at radius 3 is 2.62 bits per heavy atom. The Morgan fingerprint density at radius 1 is 1.38 bits per heavy atom. The predicted molar refractivity (Wildman–Crippen MR) is 97.6 cm³/mol. The molecular formula is C17H16ClN3O2S. The molecule has 3 rings (SSSR count). The molecule has 7 heteroatoms. The Morgan fingerprint density at radius 2 is 2.04 bits per heavy atom. The smallest absolute Gasteiger partial charge is 0.263 e. The molecule has 0 spiro atoms. The largest absolute Gasteiger partial charge is 0.368 e. The molecule has 0 saturated heterocycles. The van der Waals surface area contributed by atoms with Gasteiger partial charge in [-0.25, -0.2) is 4.98 Å². The van der Waals surface area contributed by atoms with E-state index in [1.165, 1.54) is 15.9 Å². The van der Waals surface area contributed by atoms with E-state index in [1.807, 2.05) is 24.4 Å². The van der Waals surface area contributed by atoms with Gasteiger partial charge >= 0.3 is 0 Å². The molecule has 0 aliphatic heterocycles. The molecule has 5 nitrogen and oxygen atoms in total. The summed E-state index contributed by atoms with van der Waals surface area (Å²) >= 11 is 7.34. The maximum Gasteiger partial charge on any atom is 0.263 e. The minimum absolute atomic E-state index is 0.241. The third-order valence-corrected chi connectivity index (χ3v) is 5.12. The topological polar surface area (TPSA) is 78.0 Å². The zero-order valence-electron chi connectivity index (χ0n) is 13.2. The molecule has 3 aromatic rings. The van der Waals surface area contributed by atoms with Crippen molar-refractivity contribution >= 4 is 39.1 Å². The molecule has 0 aliphatic carbocycles. The van der Waals surface area contributed by atoms with Crippen LogP contribution < -0.4 is 11.3 Å². The van der Waals surface area contributed by atoms with Crippen molar-refractivity contribution in [3.63, 3.8) is 0 Å². The van der Waals surface area contributed by atoms with E-state index in [0.29, 0.717) is 27.5 Å². The molecule has 1 amide bonds. The predicted octanol–water partition coefficient (Wildman–Crippen LogP) is 3.52. The highest BCUT2D eigenvalue weighted by Gasteiger charge is 2.22. The molecule has 0 radical (unpaired) electrons. The standard InChI is InChI=1S/C17H16ClN3O2S/c1-3-13(15(19)22)21-9(2)20-16-14(17(21)23)12(8-24-16)10-4-6-11(18)7-5-10/h4-8,13H,3H2,1-2H3,(H2,19,22). The number of rotatable bonds is 4. The number of aromatic nitrogens is 2. The van der Waals surface area contributed by atoms with E-state index in [0.717, 1.165) is 11.1 Å². The number of nitrogens with two attached hydrogens (primary N) is 1. The molecule has 24 heavy (non-hydrogen) atoms. The van der Waals surface area contributed by atoms with Crippen LogP contribution >= 0.6 is 22.9 Å². The van der Waals surface area contributed by atoms with Crippen LogP contribution in [0.2, 0.25) is 5.02 Å². The second-order valence-corrected chi connectivity index (χ2v) is 6.79. The van der Waals surface area contributed by atoms with E-state index < -0.39 is 11.9 Å². The Labute approximate surface area is 147 Å². The second-order valence-electron chi connectivity index (χ2n) is 5.50. The molecular weight excluding hydrogens is 346 g/mol. The second kappa shape index (κ2) is 6.37. The van der Waals surface area contributed by atoms with Crippen molar-refractivity contribution in [1.29, 1.82) is 0 Å². The van der Waals surface area contributed by atoms with Crippen molar-refractivity contribution in [3.8, 4) is 11.1 Å². The van der Waals surface area contributed by atoms with Gasteiger partial charge in [0.1, 0.15) is 16.7 Å². The van der Waals surface area contributed by atoms with Crippen LogP contribution in [0.5, 0.6) is 0 Å². The van der Waals surface area contributed by atoms with E-state index >= 15 is 0 Å². The highest BCUT2D eigenvalue weighted by atomic mass is 35.5. The van der Waals surface area contributed by atoms with Crippen LogP contribution in [0.1, 0.15) is 25.2 Å². The highest BCUT2D eigenvalue weighted by Crippen LogP contribution is 2.32. The van der Waals surface area contributed by atoms with E-state index in [1.54, 1.807) is 19.1 Å². The molecule has 0 saturated carbocycles. The minimum atomic E-state index is -0.702. The number of carbonyl (C=O) groups is 1. The zero-order chi connectivity index (χ0) is 17.4. The maximum absolute atomic E-state index is 13.1. The first-order chi connectivity index (χ1) is 11.4. The summed E-state index contributed by atoms with van der Waals surface area (Å²) in [5.74, 6) is -0.0465. The number of thiophene rings is 1. The van der Waals surface area contributed by atoms with Gasteiger partial charge in [-0.05, 0) is 31.0 Å². The van der Waals surface area contributed by atoms with Crippen molar-refractivity contribution in [1.82, 2.24) is 9.55 Å². The molecule has 0 bridgehead atoms. The molecule has 1 unspecified atom stereocenters. The van der Waals surface area contributed by atoms with Gasteiger partial charge in [-0.3, -0.25) is 14.2 Å². The van der Waals surface area contributed by atoms with Crippen LogP contribution in [0.15, 0.2) is 34.4 Å². The number of carbonyl (C=O) groups excluding carboxylic acids is 1. The highest BCUT2D eigenvalue weighted by molar-refractivity contribution is 7.17. The van der Waals surface area contributed by atoms with E-state index in [-0.39, 0.29) is 5.56 Å². The van der Waals surface area contributed by atoms with E-state index in [4.69, 9.17) is 17.3 Å². The Balaban J connectivity index is 2.30. The van der Waals surface area contributed by atoms with Crippen molar-refractivity contribution in [2.24, 2.45) is 5.73 Å². The number of halogens is 1. The number of benzene rings is 1. The lowest BCUT2D eigenvalue weighted by Crippen LogP contribution is -2.35. The Bertz CT molecular complexity index is 976. The minimum Gasteiger partial charge on any atom is -0.368 e. The lowest BCUT2D eigenvalue weighted by Gasteiger charge is -2.17. The normalized spacial score (nSPS) is 12.5. The molecule has 2 aromatic heterocycles. The first-order valence-corrected chi connectivity index (χ1v) is 8.75. The molecule has 2 N–H and O–H groups in total. The van der Waals surface area contributed by atoms with Gasteiger partial charge in [0.25, 0.3) is 5.56 Å². The van der Waals surface area contributed by atoms with Gasteiger partial charge in [0, 0.05) is 16.0 Å². The molecule has 1 atom stereocenters. The average Bonchev–Trinajstić information content (AvgIpc) is 2.95. The van der Waals surface area contributed by atoms with E-state index in [9.17, 15) is 9.59 Å². The monoisotopic (exact) mass is 361 g/mol. The molecule has 124 valence electrons. The summed E-state index contributed by atoms with van der Waals surface area (Å²) in [6.07, 6.45) is 0.434. The third kappa shape index (κ3) is 2.72. The van der Waals surface area contributed by atoms with Crippen molar-refractivity contribution < 1.29 is 4.79 Å². The number of aryl methyl sites for hydroxylation is 1. The van der Waals surface area contributed by atoms with Gasteiger partial charge in [-0.1, -0.05) is 30.7 Å². The fourth-order valence-corrected chi connectivity index (χ4v) is 3.93. The molecule has 1 aromatic carbocycles. The van der Waals surface area contributed by atoms with Crippen LogP contribution in [0.4, 0.5) is 0 Å². The fourth-order valence-electron chi connectivity index (χ4n) is 2.82. The van der Waals surface area contributed by atoms with Gasteiger partial charge in [-0.2, -0.15) is 0 Å². The third-order valence-electron chi connectivity index (χ3n) is 4.00. The number of nitrogens with zero attached hydrogens (tertiary/aromatic N) is 2. The number of primary amides is 1. The van der Waals surface area contributed by atoms with Gasteiger partial charge in [-0.15, -0.1) is 11.3 Å². The number of hydrogen-bond donors (Lipinski definition) is 1. The van der Waals surface area contributed by atoms with Gasteiger partial charge < -0.3 is 5.73 Å². The summed E-state index contributed by atoms with van der Waals surface area (Å²) in [5.41, 5.74) is 6.89. The molecule has 2 heterocycles. The first-order valence-electron chi connectivity index (χ1n) is 7.49. The fraction of sp³-hybridized carbons (Fsp3) is 0.235. The van der Waals surface area contributed by atoms with Gasteiger partial charge in [0.15, 0.2) is 0 Å². The first kappa shape index (κ1) is 16.7. The summed E-state index contributed by atoms with van der Waals surface area (Å²) in [6.45, 7) is 3.54. The summed E-state index contributed by atoms with van der Waals surface area (Å²) in [5, 5.41) is 3.04. The van der Waals surface area contributed by atoms with Gasteiger partial charge in [0.2, 0.25) is 5.91 Å². The van der Waals surface area contributed by atoms with Crippen LogP contribution in [0.3, 0.4) is 0 Å². The summed E-state index contributed by atoms with van der Waals surface area (Å²) < 4.78 is 1.40. The Kier molecular flexibility index (Phi) is 4.43. The summed E-state index contributed by atoms with van der Waals surface area (Å²) in [6, 6.07) is 6.57. The lowest BCUT2D eigenvalue weighted by molar-refractivity contribution is -0.121. The van der Waals surface area contributed by atoms with E-state index in [2.05, 4.69) is 4.98 Å². The molecule has 0 fully saturated rings. The SMILES string of the molecule is CCC(C(N)=O)n1c(C)nc2scc(-c3ccc(Cl)cc3)c2c1=O. The number of amides is 1. The lowest BCUT2D eigenvalue weighted by atomic mass is 10.1. The zero-order valence-corrected chi connectivity index (χ0v) is 14.8. The summed E-state index contributed by atoms with van der Waals surface area (Å²) in [7, 11) is 0. The van der Waals surface area contributed by atoms with Crippen LogP contribution in [-0.4, -0.2) is 15.5 Å². The average molecular weight is 362 g/mol. The quantitative estimate of drug-likeness (QED) is 0.772. The van der Waals surface area contributed by atoms with Crippen molar-refractivity contribution in [3.05, 3.63) is 50.8 Å². The van der Waals surface area contributed by atoms with Crippen molar-refractivity contribution in [2.75, 3.05) is 0 Å². The summed E-state index contributed by atoms with van der Waals surface area (Å²) in [4.78, 5) is 29.9. The number of fused-ring (bicyclic) bond motifs is 1. The van der Waals surface area contributed by atoms with Crippen LogP contribution in [-0.2, 0) is 4.79 Å². The van der Waals surface area contributed by atoms with Crippen LogP contribution in [0, 0.1) is 6.92 Å². The van der Waals surface area contributed by atoms with Gasteiger partial charge in [0.05, 0.1) is 5.39 Å². The van der Waals surface area contributed by atoms with Crippen molar-refractivity contribution in [2.45, 2.75) is 26.3 Å².